The number of aliphatic hydroxyl groups is 1. The van der Waals surface area contributed by atoms with Gasteiger partial charge in [-0.2, -0.15) is 11.8 Å². The average Bonchev–Trinajstić information content (AvgIpc) is 2.51. The van der Waals surface area contributed by atoms with E-state index in [1.807, 2.05) is 12.3 Å². The van der Waals surface area contributed by atoms with E-state index in [2.05, 4.69) is 26.6 Å². The van der Waals surface area contributed by atoms with Crippen LogP contribution in [0, 0.1) is 0 Å². The molecule has 0 aromatic heterocycles. The Balaban J connectivity index is 2.78. The lowest BCUT2D eigenvalue weighted by Crippen LogP contribution is -2.50. The SMILES string of the molecule is CSCCC(NC(=O)c1ccccc1Br)C(=O)NC(C)CO. The van der Waals surface area contributed by atoms with Crippen molar-refractivity contribution < 1.29 is 14.7 Å². The molecule has 0 saturated carbocycles. The van der Waals surface area contributed by atoms with E-state index in [-0.39, 0.29) is 24.5 Å². The van der Waals surface area contributed by atoms with Crippen molar-refractivity contribution in [2.75, 3.05) is 18.6 Å². The third-order valence-corrected chi connectivity index (χ3v) is 4.35. The van der Waals surface area contributed by atoms with E-state index in [0.29, 0.717) is 16.5 Å². The summed E-state index contributed by atoms with van der Waals surface area (Å²) in [6.07, 6.45) is 2.47. The molecule has 0 aliphatic heterocycles. The minimum Gasteiger partial charge on any atom is -0.394 e. The molecular formula is C15H21BrN2O3S. The summed E-state index contributed by atoms with van der Waals surface area (Å²) in [6.45, 7) is 1.57. The monoisotopic (exact) mass is 388 g/mol. The van der Waals surface area contributed by atoms with Gasteiger partial charge in [0.2, 0.25) is 5.91 Å². The highest BCUT2D eigenvalue weighted by atomic mass is 79.9. The molecule has 0 aliphatic carbocycles. The summed E-state index contributed by atoms with van der Waals surface area (Å²) in [5.41, 5.74) is 0.486. The van der Waals surface area contributed by atoms with Crippen LogP contribution in [-0.4, -0.2) is 47.6 Å². The van der Waals surface area contributed by atoms with E-state index >= 15 is 0 Å². The number of nitrogens with one attached hydrogen (secondary N) is 2. The lowest BCUT2D eigenvalue weighted by atomic mass is 10.1. The summed E-state index contributed by atoms with van der Waals surface area (Å²) in [4.78, 5) is 24.5. The van der Waals surface area contributed by atoms with Gasteiger partial charge in [0.05, 0.1) is 12.2 Å². The minimum absolute atomic E-state index is 0.140. The lowest BCUT2D eigenvalue weighted by molar-refractivity contribution is -0.123. The Labute approximate surface area is 143 Å². The Morgan fingerprint density at radius 2 is 2.00 bits per heavy atom. The summed E-state index contributed by atoms with van der Waals surface area (Å²) >= 11 is 4.94. The van der Waals surface area contributed by atoms with Crippen LogP contribution in [0.25, 0.3) is 0 Å². The predicted molar refractivity (Wildman–Crippen MR) is 93.1 cm³/mol. The molecule has 7 heteroatoms. The lowest BCUT2D eigenvalue weighted by Gasteiger charge is -2.20. The van der Waals surface area contributed by atoms with Crippen molar-refractivity contribution in [3.63, 3.8) is 0 Å². The number of hydrogen-bond donors (Lipinski definition) is 3. The van der Waals surface area contributed by atoms with Crippen LogP contribution < -0.4 is 10.6 Å². The molecule has 0 bridgehead atoms. The Morgan fingerprint density at radius 1 is 1.32 bits per heavy atom. The molecule has 1 aromatic carbocycles. The van der Waals surface area contributed by atoms with Gasteiger partial charge in [0.25, 0.3) is 5.91 Å². The van der Waals surface area contributed by atoms with E-state index in [0.717, 1.165) is 5.75 Å². The molecule has 2 atom stereocenters. The van der Waals surface area contributed by atoms with Crippen molar-refractivity contribution in [2.45, 2.75) is 25.4 Å². The molecule has 3 N–H and O–H groups in total. The van der Waals surface area contributed by atoms with Crippen LogP contribution >= 0.6 is 27.7 Å². The van der Waals surface area contributed by atoms with Gasteiger partial charge in [-0.25, -0.2) is 0 Å². The number of halogens is 1. The normalized spacial score (nSPS) is 13.3. The third kappa shape index (κ3) is 5.98. The molecule has 1 rings (SSSR count). The number of thioether (sulfide) groups is 1. The number of hydrogen-bond acceptors (Lipinski definition) is 4. The van der Waals surface area contributed by atoms with Crippen LogP contribution in [0.2, 0.25) is 0 Å². The van der Waals surface area contributed by atoms with Crippen molar-refractivity contribution in [3.05, 3.63) is 34.3 Å². The third-order valence-electron chi connectivity index (χ3n) is 3.01. The molecule has 0 fully saturated rings. The second kappa shape index (κ2) is 9.86. The first-order chi connectivity index (χ1) is 10.5. The van der Waals surface area contributed by atoms with Gasteiger partial charge in [-0.15, -0.1) is 0 Å². The number of rotatable bonds is 8. The van der Waals surface area contributed by atoms with Crippen molar-refractivity contribution >= 4 is 39.5 Å². The van der Waals surface area contributed by atoms with E-state index < -0.39 is 6.04 Å². The molecule has 0 aliphatic rings. The smallest absolute Gasteiger partial charge is 0.253 e. The van der Waals surface area contributed by atoms with Crippen LogP contribution in [0.5, 0.6) is 0 Å². The highest BCUT2D eigenvalue weighted by molar-refractivity contribution is 9.10. The Morgan fingerprint density at radius 3 is 2.59 bits per heavy atom. The number of amides is 2. The first-order valence-corrected chi connectivity index (χ1v) is 9.13. The predicted octanol–water partition coefficient (Wildman–Crippen LogP) is 1.80. The molecule has 22 heavy (non-hydrogen) atoms. The number of benzene rings is 1. The van der Waals surface area contributed by atoms with Crippen molar-refractivity contribution in [1.29, 1.82) is 0 Å². The largest absolute Gasteiger partial charge is 0.394 e. The fraction of sp³-hybridized carbons (Fsp3) is 0.467. The summed E-state index contributed by atoms with van der Waals surface area (Å²) in [7, 11) is 0. The molecule has 0 saturated heterocycles. The highest BCUT2D eigenvalue weighted by Gasteiger charge is 2.22. The fourth-order valence-corrected chi connectivity index (χ4v) is 2.71. The molecular weight excluding hydrogens is 368 g/mol. The second-order valence-electron chi connectivity index (χ2n) is 4.88. The molecule has 122 valence electrons. The van der Waals surface area contributed by atoms with Crippen LogP contribution in [0.4, 0.5) is 0 Å². The number of carbonyl (C=O) groups is 2. The van der Waals surface area contributed by atoms with Crippen molar-refractivity contribution in [1.82, 2.24) is 10.6 Å². The van der Waals surface area contributed by atoms with Gasteiger partial charge in [-0.3, -0.25) is 9.59 Å². The van der Waals surface area contributed by atoms with Gasteiger partial charge in [-0.1, -0.05) is 12.1 Å². The van der Waals surface area contributed by atoms with Crippen LogP contribution in [0.1, 0.15) is 23.7 Å². The standard InChI is InChI=1S/C15H21BrN2O3S/c1-10(9-19)17-15(21)13(7-8-22-2)18-14(20)11-5-3-4-6-12(11)16/h3-6,10,13,19H,7-9H2,1-2H3,(H,17,21)(H,18,20). The Hall–Kier alpha value is -1.05. The second-order valence-corrected chi connectivity index (χ2v) is 6.72. The zero-order valence-electron chi connectivity index (χ0n) is 12.6. The number of carbonyl (C=O) groups excluding carboxylic acids is 2. The minimum atomic E-state index is -0.624. The molecule has 2 amide bonds. The summed E-state index contributed by atoms with van der Waals surface area (Å²) in [5.74, 6) is 0.170. The average molecular weight is 389 g/mol. The molecule has 0 spiro atoms. The summed E-state index contributed by atoms with van der Waals surface area (Å²) in [6, 6.07) is 6.09. The van der Waals surface area contributed by atoms with Crippen molar-refractivity contribution in [2.24, 2.45) is 0 Å². The first-order valence-electron chi connectivity index (χ1n) is 6.95. The highest BCUT2D eigenvalue weighted by Crippen LogP contribution is 2.16. The van der Waals surface area contributed by atoms with Crippen molar-refractivity contribution in [3.8, 4) is 0 Å². The summed E-state index contributed by atoms with van der Waals surface area (Å²) < 4.78 is 0.681. The first kappa shape index (κ1) is 19.0. The van der Waals surface area contributed by atoms with E-state index in [1.165, 1.54) is 0 Å². The molecule has 0 heterocycles. The fourth-order valence-electron chi connectivity index (χ4n) is 1.77. The maximum Gasteiger partial charge on any atom is 0.253 e. The van der Waals surface area contributed by atoms with Gasteiger partial charge in [0.1, 0.15) is 6.04 Å². The van der Waals surface area contributed by atoms with Gasteiger partial charge < -0.3 is 15.7 Å². The molecule has 2 unspecified atom stereocenters. The van der Waals surface area contributed by atoms with E-state index in [9.17, 15) is 9.59 Å². The quantitative estimate of drug-likeness (QED) is 0.634. The topological polar surface area (TPSA) is 78.4 Å². The number of aliphatic hydroxyl groups excluding tert-OH is 1. The van der Waals surface area contributed by atoms with E-state index in [4.69, 9.17) is 5.11 Å². The Bertz CT molecular complexity index is 513. The zero-order chi connectivity index (χ0) is 16.5. The van der Waals surface area contributed by atoms with Gasteiger partial charge in [0, 0.05) is 10.5 Å². The van der Waals surface area contributed by atoms with Crippen LogP contribution in [0.3, 0.4) is 0 Å². The van der Waals surface area contributed by atoms with Gasteiger partial charge in [0.15, 0.2) is 0 Å². The maximum atomic E-state index is 12.3. The Kier molecular flexibility index (Phi) is 8.52. The van der Waals surface area contributed by atoms with Crippen LogP contribution in [-0.2, 0) is 4.79 Å². The summed E-state index contributed by atoms with van der Waals surface area (Å²) in [5, 5.41) is 14.5. The van der Waals surface area contributed by atoms with Crippen LogP contribution in [0.15, 0.2) is 28.7 Å². The molecule has 5 nitrogen and oxygen atoms in total. The van der Waals surface area contributed by atoms with Gasteiger partial charge in [-0.05, 0) is 53.4 Å². The van der Waals surface area contributed by atoms with E-state index in [1.54, 1.807) is 36.9 Å². The molecule has 1 aromatic rings. The van der Waals surface area contributed by atoms with Gasteiger partial charge >= 0.3 is 0 Å². The maximum absolute atomic E-state index is 12.3. The zero-order valence-corrected chi connectivity index (χ0v) is 15.0. The molecule has 0 radical (unpaired) electrons.